The second kappa shape index (κ2) is 13.4. The van der Waals surface area contributed by atoms with Crippen molar-refractivity contribution in [3.63, 3.8) is 0 Å². The first-order valence-electron chi connectivity index (χ1n) is 14.7. The van der Waals surface area contributed by atoms with Gasteiger partial charge in [0.2, 0.25) is 0 Å². The number of alkyl halides is 3. The Labute approximate surface area is 271 Å². The lowest BCUT2D eigenvalue weighted by Crippen LogP contribution is -2.43. The molecule has 1 atom stereocenters. The van der Waals surface area contributed by atoms with Crippen molar-refractivity contribution in [2.45, 2.75) is 18.6 Å². The largest absolute Gasteiger partial charge is 0.480 e. The third-order valence-corrected chi connectivity index (χ3v) is 8.22. The predicted octanol–water partition coefficient (Wildman–Crippen LogP) is 6.16. The highest BCUT2D eigenvalue weighted by atomic mass is 19.4. The second-order valence-corrected chi connectivity index (χ2v) is 11.2. The van der Waals surface area contributed by atoms with Crippen LogP contribution < -0.4 is 15.8 Å². The average molecular weight is 668 g/mol. The molecule has 0 aliphatic heterocycles. The maximum atomic E-state index is 15.0. The van der Waals surface area contributed by atoms with Crippen LogP contribution in [0.25, 0.3) is 32.8 Å². The van der Waals surface area contributed by atoms with Gasteiger partial charge in [-0.05, 0) is 40.1 Å². The van der Waals surface area contributed by atoms with Crippen LogP contribution in [0.15, 0.2) is 77.6 Å². The number of aryl methyl sites for hydroxylation is 1. The first kappa shape index (κ1) is 34.0. The van der Waals surface area contributed by atoms with Crippen LogP contribution >= 0.6 is 0 Å². The lowest BCUT2D eigenvalue weighted by molar-refractivity contribution is -0.139. The van der Waals surface area contributed by atoms with E-state index in [1.807, 2.05) is 0 Å². The highest BCUT2D eigenvalue weighted by molar-refractivity contribution is 6.02. The highest BCUT2D eigenvalue weighted by Crippen LogP contribution is 2.42. The number of aromatic nitrogens is 1. The number of rotatable bonds is 10. The van der Waals surface area contributed by atoms with Gasteiger partial charge in [0.15, 0.2) is 0 Å². The van der Waals surface area contributed by atoms with Crippen molar-refractivity contribution in [1.29, 1.82) is 0 Å². The monoisotopic (exact) mass is 667 g/mol. The molecule has 0 saturated heterocycles. The third-order valence-electron chi connectivity index (χ3n) is 8.22. The molecule has 1 heterocycles. The number of carboxylic acid groups (broad SMARTS) is 1. The first-order valence-corrected chi connectivity index (χ1v) is 14.7. The van der Waals surface area contributed by atoms with Gasteiger partial charge in [0, 0.05) is 45.2 Å². The zero-order valence-electron chi connectivity index (χ0n) is 26.0. The van der Waals surface area contributed by atoms with Crippen LogP contribution in [0.5, 0.6) is 0 Å². The number of nitrogens with one attached hydrogen (secondary N) is 1. The molecule has 1 amide bonds. The van der Waals surface area contributed by atoms with Gasteiger partial charge in [-0.1, -0.05) is 54.6 Å². The van der Waals surface area contributed by atoms with Crippen LogP contribution in [0, 0.1) is 11.6 Å². The second-order valence-electron chi connectivity index (χ2n) is 11.2. The summed E-state index contributed by atoms with van der Waals surface area (Å²) in [5, 5.41) is 12.5. The number of aliphatic carboxylic acids is 1. The Morgan fingerprint density at radius 1 is 0.958 bits per heavy atom. The molecule has 0 bridgehead atoms. The molecule has 1 aromatic heterocycles. The number of hydrogen-bond acceptors (Lipinski definition) is 5. The first-order chi connectivity index (χ1) is 22.7. The van der Waals surface area contributed by atoms with E-state index in [0.29, 0.717) is 17.5 Å². The minimum absolute atomic E-state index is 0.0244. The third kappa shape index (κ3) is 6.45. The molecule has 0 unspecified atom stereocenters. The number of halogens is 5. The van der Waals surface area contributed by atoms with E-state index in [0.717, 1.165) is 16.7 Å². The van der Waals surface area contributed by atoms with E-state index in [1.54, 1.807) is 13.1 Å². The fourth-order valence-electron chi connectivity index (χ4n) is 5.82. The number of fused-ring (bicyclic) bond motifs is 2. The molecule has 5 rings (SSSR count). The van der Waals surface area contributed by atoms with Crippen molar-refractivity contribution >= 4 is 39.2 Å². The van der Waals surface area contributed by atoms with Crippen LogP contribution in [-0.4, -0.2) is 54.9 Å². The summed E-state index contributed by atoms with van der Waals surface area (Å²) in [4.78, 5) is 40.3. The standard InChI is InChI=1S/C35H30F5N3O5/c1-42(14-15-48-3)20-17-25(36)30(26(37)18-20)32(44)41-27(34(46)47)16-19-8-6-11-22-21(19)10-7-12-23(22)29-31(35(38,39)40)24-9-4-5-13-28(24)43(2)33(29)45/h4-13,17-18,27H,14-16H2,1-3H3,(H,41,44)(H,46,47)/t27-/m0/s1. The molecule has 5 aromatic rings. The maximum absolute atomic E-state index is 15.0. The number of ether oxygens (including phenoxy) is 1. The summed E-state index contributed by atoms with van der Waals surface area (Å²) in [5.74, 6) is -5.24. The van der Waals surface area contributed by atoms with Crippen molar-refractivity contribution in [3.8, 4) is 11.1 Å². The number of carboxylic acids is 1. The van der Waals surface area contributed by atoms with Gasteiger partial charge < -0.3 is 24.6 Å². The summed E-state index contributed by atoms with van der Waals surface area (Å²) in [5.41, 5.74) is -3.03. The molecule has 48 heavy (non-hydrogen) atoms. The molecule has 8 nitrogen and oxygen atoms in total. The van der Waals surface area contributed by atoms with Crippen LogP contribution in [-0.2, 0) is 29.2 Å². The zero-order chi connectivity index (χ0) is 34.9. The quantitative estimate of drug-likeness (QED) is 0.173. The Morgan fingerprint density at radius 3 is 2.23 bits per heavy atom. The summed E-state index contributed by atoms with van der Waals surface area (Å²) >= 11 is 0. The lowest BCUT2D eigenvalue weighted by Gasteiger charge is -2.21. The van der Waals surface area contributed by atoms with Gasteiger partial charge in [-0.15, -0.1) is 0 Å². The number of hydrogen-bond donors (Lipinski definition) is 2. The molecule has 13 heteroatoms. The number of carbonyl (C=O) groups is 2. The molecule has 0 aliphatic rings. The Balaban J connectivity index is 1.55. The van der Waals surface area contributed by atoms with Gasteiger partial charge >= 0.3 is 12.1 Å². The number of pyridine rings is 1. The number of methoxy groups -OCH3 is 1. The molecule has 0 fully saturated rings. The fourth-order valence-corrected chi connectivity index (χ4v) is 5.82. The van der Waals surface area contributed by atoms with E-state index in [1.165, 1.54) is 73.7 Å². The van der Waals surface area contributed by atoms with Crippen molar-refractivity contribution in [3.05, 3.63) is 111 Å². The van der Waals surface area contributed by atoms with E-state index >= 15 is 0 Å². The Hall–Kier alpha value is -5.30. The number of benzene rings is 4. The number of likely N-dealkylation sites (N-methyl/N-ethyl adjacent to an activating group) is 1. The highest BCUT2D eigenvalue weighted by Gasteiger charge is 2.38. The molecule has 250 valence electrons. The number of para-hydroxylation sites is 1. The summed E-state index contributed by atoms with van der Waals surface area (Å²) < 4.78 is 80.0. The molecule has 2 N–H and O–H groups in total. The molecule has 0 aliphatic carbocycles. The number of amides is 1. The number of nitrogens with zero attached hydrogens (tertiary/aromatic N) is 2. The van der Waals surface area contributed by atoms with Crippen LogP contribution in [0.3, 0.4) is 0 Å². The number of carbonyl (C=O) groups excluding carboxylic acids is 1. The topological polar surface area (TPSA) is 101 Å². The molecule has 0 saturated carbocycles. The SMILES string of the molecule is COCCN(C)c1cc(F)c(C(=O)N[C@@H](Cc2cccc3c(-c4c(C(F)(F)F)c5ccccc5n(C)c4=O)cccc23)C(=O)O)c(F)c1. The molecule has 4 aromatic carbocycles. The van der Waals surface area contributed by atoms with Crippen molar-refractivity contribution in [2.75, 3.05) is 32.2 Å². The molecular weight excluding hydrogens is 637 g/mol. The van der Waals surface area contributed by atoms with Gasteiger partial charge in [0.1, 0.15) is 23.2 Å². The van der Waals surface area contributed by atoms with Gasteiger partial charge in [0.05, 0.1) is 23.3 Å². The van der Waals surface area contributed by atoms with Gasteiger partial charge in [-0.3, -0.25) is 9.59 Å². The van der Waals surface area contributed by atoms with Crippen molar-refractivity contribution < 1.29 is 41.4 Å². The minimum Gasteiger partial charge on any atom is -0.480 e. The summed E-state index contributed by atoms with van der Waals surface area (Å²) in [6.07, 6.45) is -5.30. The van der Waals surface area contributed by atoms with E-state index in [4.69, 9.17) is 4.74 Å². The summed E-state index contributed by atoms with van der Waals surface area (Å²) in [6, 6.07) is 14.8. The van der Waals surface area contributed by atoms with Crippen LogP contribution in [0.4, 0.5) is 27.6 Å². The van der Waals surface area contributed by atoms with Gasteiger partial charge in [-0.2, -0.15) is 13.2 Å². The molecule has 0 spiro atoms. The van der Waals surface area contributed by atoms with E-state index < -0.39 is 64.4 Å². The summed E-state index contributed by atoms with van der Waals surface area (Å²) in [6.45, 7) is 0.585. The Kier molecular flexibility index (Phi) is 9.53. The van der Waals surface area contributed by atoms with Crippen LogP contribution in [0.1, 0.15) is 21.5 Å². The van der Waals surface area contributed by atoms with Crippen molar-refractivity contribution in [2.24, 2.45) is 7.05 Å². The number of anilines is 1. The van der Waals surface area contributed by atoms with E-state index in [9.17, 15) is 41.4 Å². The van der Waals surface area contributed by atoms with E-state index in [2.05, 4.69) is 5.32 Å². The van der Waals surface area contributed by atoms with Gasteiger partial charge in [-0.25, -0.2) is 13.6 Å². The smallest absolute Gasteiger partial charge is 0.417 e. The summed E-state index contributed by atoms with van der Waals surface area (Å²) in [7, 11) is 4.42. The lowest BCUT2D eigenvalue weighted by atomic mass is 9.90. The van der Waals surface area contributed by atoms with Gasteiger partial charge in [0.25, 0.3) is 11.5 Å². The Bertz CT molecular complexity index is 2090. The molecular formula is C35H30F5N3O5. The zero-order valence-corrected chi connectivity index (χ0v) is 26.0. The predicted molar refractivity (Wildman–Crippen MR) is 171 cm³/mol. The molecule has 0 radical (unpaired) electrons. The van der Waals surface area contributed by atoms with E-state index in [-0.39, 0.29) is 34.1 Å². The minimum atomic E-state index is -4.90. The normalized spacial score (nSPS) is 12.3. The van der Waals surface area contributed by atoms with Crippen molar-refractivity contribution in [1.82, 2.24) is 9.88 Å². The van der Waals surface area contributed by atoms with Crippen LogP contribution in [0.2, 0.25) is 0 Å². The fraction of sp³-hybridized carbons (Fsp3) is 0.229. The Morgan fingerprint density at radius 2 is 1.58 bits per heavy atom. The average Bonchev–Trinajstić information content (AvgIpc) is 3.03. The maximum Gasteiger partial charge on any atom is 0.417 e.